The highest BCUT2D eigenvalue weighted by atomic mass is 16.1. The Bertz CT molecular complexity index is 588. The summed E-state index contributed by atoms with van der Waals surface area (Å²) in [4.78, 5) is 15.3. The Morgan fingerprint density at radius 2 is 1.89 bits per heavy atom. The molecule has 3 heteroatoms. The van der Waals surface area contributed by atoms with E-state index in [2.05, 4.69) is 4.98 Å². The van der Waals surface area contributed by atoms with Gasteiger partial charge in [0.25, 0.3) is 5.91 Å². The molecule has 0 fully saturated rings. The molecule has 0 unspecified atom stereocenters. The van der Waals surface area contributed by atoms with Crippen LogP contribution in [0.3, 0.4) is 0 Å². The Hall–Kier alpha value is -2.42. The van der Waals surface area contributed by atoms with Gasteiger partial charge in [-0.05, 0) is 29.7 Å². The van der Waals surface area contributed by atoms with E-state index < -0.39 is 5.91 Å². The fraction of sp³-hybridized carbons (Fsp3) is 0.0667. The van der Waals surface area contributed by atoms with Crippen LogP contribution >= 0.6 is 0 Å². The second kappa shape index (κ2) is 5.27. The van der Waals surface area contributed by atoms with E-state index in [-0.39, 0.29) is 0 Å². The summed E-state index contributed by atoms with van der Waals surface area (Å²) < 4.78 is 0. The van der Waals surface area contributed by atoms with Crippen LogP contribution < -0.4 is 5.73 Å². The van der Waals surface area contributed by atoms with Crippen LogP contribution in [0, 0.1) is 0 Å². The third-order valence-electron chi connectivity index (χ3n) is 2.69. The highest BCUT2D eigenvalue weighted by Crippen LogP contribution is 2.20. The lowest BCUT2D eigenvalue weighted by Gasteiger charge is -2.06. The van der Waals surface area contributed by atoms with Gasteiger partial charge < -0.3 is 5.73 Å². The third kappa shape index (κ3) is 2.63. The number of nitrogens with two attached hydrogens (primary N) is 1. The Balaban J connectivity index is 2.43. The first-order valence-electron chi connectivity index (χ1n) is 5.66. The number of carbonyl (C=O) groups excluding carboxylic acids is 1. The smallest absolute Gasteiger partial charge is 0.250 e. The molecular formula is C15H14N2O. The number of hydrogen-bond donors (Lipinski definition) is 1. The van der Waals surface area contributed by atoms with Crippen LogP contribution in [0.15, 0.2) is 48.8 Å². The normalized spacial score (nSPS) is 11.3. The number of allylic oxidation sites excluding steroid dienone is 1. The Morgan fingerprint density at radius 1 is 1.17 bits per heavy atom. The Kier molecular flexibility index (Phi) is 3.53. The van der Waals surface area contributed by atoms with Crippen molar-refractivity contribution in [2.75, 3.05) is 0 Å². The van der Waals surface area contributed by atoms with Crippen LogP contribution in [-0.4, -0.2) is 10.9 Å². The van der Waals surface area contributed by atoms with Crippen molar-refractivity contribution in [2.24, 2.45) is 5.73 Å². The lowest BCUT2D eigenvalue weighted by Crippen LogP contribution is -2.13. The van der Waals surface area contributed by atoms with Crippen LogP contribution in [0.4, 0.5) is 0 Å². The second-order valence-corrected chi connectivity index (χ2v) is 4.02. The first-order valence-corrected chi connectivity index (χ1v) is 5.66. The van der Waals surface area contributed by atoms with Crippen LogP contribution in [0.1, 0.15) is 28.4 Å². The number of pyridine rings is 1. The molecule has 0 saturated heterocycles. The highest BCUT2D eigenvalue weighted by molar-refractivity contribution is 5.99. The first-order chi connectivity index (χ1) is 8.68. The molecule has 90 valence electrons. The zero-order valence-corrected chi connectivity index (χ0v) is 10.1. The molecule has 0 spiro atoms. The molecule has 1 aromatic carbocycles. The summed E-state index contributed by atoms with van der Waals surface area (Å²) in [5.41, 5.74) is 8.68. The van der Waals surface area contributed by atoms with E-state index in [9.17, 15) is 4.79 Å². The summed E-state index contributed by atoms with van der Waals surface area (Å²) in [7, 11) is 0. The Morgan fingerprint density at radius 3 is 2.56 bits per heavy atom. The topological polar surface area (TPSA) is 56.0 Å². The van der Waals surface area contributed by atoms with Crippen molar-refractivity contribution in [1.29, 1.82) is 0 Å². The zero-order chi connectivity index (χ0) is 13.0. The minimum atomic E-state index is -0.459. The molecule has 2 rings (SSSR count). The van der Waals surface area contributed by atoms with Crippen molar-refractivity contribution in [3.63, 3.8) is 0 Å². The van der Waals surface area contributed by atoms with Crippen molar-refractivity contribution in [1.82, 2.24) is 4.98 Å². The van der Waals surface area contributed by atoms with Gasteiger partial charge in [0.05, 0.1) is 5.56 Å². The van der Waals surface area contributed by atoms with Crippen LogP contribution in [-0.2, 0) is 0 Å². The average Bonchev–Trinajstić information content (AvgIpc) is 2.40. The van der Waals surface area contributed by atoms with E-state index in [1.165, 1.54) is 6.20 Å². The molecule has 0 atom stereocenters. The maximum atomic E-state index is 11.3. The number of carbonyl (C=O) groups is 1. The van der Waals surface area contributed by atoms with Gasteiger partial charge in [-0.25, -0.2) is 0 Å². The molecule has 0 aliphatic heterocycles. The number of aromatic nitrogens is 1. The summed E-state index contributed by atoms with van der Waals surface area (Å²) in [6.45, 7) is 1.95. The fourth-order valence-corrected chi connectivity index (χ4v) is 1.81. The minimum Gasteiger partial charge on any atom is -0.366 e. The summed E-state index contributed by atoms with van der Waals surface area (Å²) in [6, 6.07) is 11.7. The van der Waals surface area contributed by atoms with E-state index >= 15 is 0 Å². The molecule has 1 heterocycles. The van der Waals surface area contributed by atoms with E-state index in [1.807, 2.05) is 43.3 Å². The number of benzene rings is 1. The molecule has 2 N–H and O–H groups in total. The summed E-state index contributed by atoms with van der Waals surface area (Å²) in [5.74, 6) is -0.459. The van der Waals surface area contributed by atoms with Crippen LogP contribution in [0.5, 0.6) is 0 Å². The molecule has 18 heavy (non-hydrogen) atoms. The van der Waals surface area contributed by atoms with E-state index in [0.29, 0.717) is 5.56 Å². The van der Waals surface area contributed by atoms with Crippen molar-refractivity contribution in [2.45, 2.75) is 6.92 Å². The predicted molar refractivity (Wildman–Crippen MR) is 72.7 cm³/mol. The number of primary amides is 1. The van der Waals surface area contributed by atoms with Gasteiger partial charge in [0.1, 0.15) is 0 Å². The third-order valence-corrected chi connectivity index (χ3v) is 2.69. The molecular weight excluding hydrogens is 224 g/mol. The van der Waals surface area contributed by atoms with E-state index in [0.717, 1.165) is 16.7 Å². The fourth-order valence-electron chi connectivity index (χ4n) is 1.81. The van der Waals surface area contributed by atoms with Crippen LogP contribution in [0.25, 0.3) is 11.6 Å². The summed E-state index contributed by atoms with van der Waals surface area (Å²) in [6.07, 6.45) is 5.17. The molecule has 0 aliphatic carbocycles. The van der Waals surface area contributed by atoms with Gasteiger partial charge in [-0.2, -0.15) is 0 Å². The predicted octanol–water partition coefficient (Wildman–Crippen LogP) is 2.74. The van der Waals surface area contributed by atoms with E-state index in [4.69, 9.17) is 5.73 Å². The SMILES string of the molecule is CC(=Cc1ccccc1)c1ccncc1C(N)=O. The van der Waals surface area contributed by atoms with Gasteiger partial charge in [0.2, 0.25) is 0 Å². The van der Waals surface area contributed by atoms with E-state index in [1.54, 1.807) is 12.3 Å². The molecule has 1 amide bonds. The lowest BCUT2D eigenvalue weighted by atomic mass is 10.0. The van der Waals surface area contributed by atoms with Gasteiger partial charge in [-0.15, -0.1) is 0 Å². The van der Waals surface area contributed by atoms with Crippen molar-refractivity contribution >= 4 is 17.6 Å². The molecule has 2 aromatic rings. The maximum absolute atomic E-state index is 11.3. The molecule has 0 radical (unpaired) electrons. The van der Waals surface area contributed by atoms with Gasteiger partial charge in [0.15, 0.2) is 0 Å². The summed E-state index contributed by atoms with van der Waals surface area (Å²) >= 11 is 0. The number of nitrogens with zero attached hydrogens (tertiary/aromatic N) is 1. The van der Waals surface area contributed by atoms with Gasteiger partial charge >= 0.3 is 0 Å². The van der Waals surface area contributed by atoms with Gasteiger partial charge in [-0.3, -0.25) is 9.78 Å². The van der Waals surface area contributed by atoms with Gasteiger partial charge in [-0.1, -0.05) is 36.4 Å². The minimum absolute atomic E-state index is 0.446. The number of hydrogen-bond acceptors (Lipinski definition) is 2. The van der Waals surface area contributed by atoms with Crippen molar-refractivity contribution < 1.29 is 4.79 Å². The molecule has 1 aromatic heterocycles. The monoisotopic (exact) mass is 238 g/mol. The van der Waals surface area contributed by atoms with Gasteiger partial charge in [0, 0.05) is 12.4 Å². The zero-order valence-electron chi connectivity index (χ0n) is 10.1. The number of amides is 1. The number of rotatable bonds is 3. The first kappa shape index (κ1) is 12.0. The molecule has 3 nitrogen and oxygen atoms in total. The van der Waals surface area contributed by atoms with Crippen molar-refractivity contribution in [3.8, 4) is 0 Å². The molecule has 0 bridgehead atoms. The van der Waals surface area contributed by atoms with Crippen LogP contribution in [0.2, 0.25) is 0 Å². The second-order valence-electron chi connectivity index (χ2n) is 4.02. The average molecular weight is 238 g/mol. The highest BCUT2D eigenvalue weighted by Gasteiger charge is 2.08. The molecule has 0 saturated carbocycles. The quantitative estimate of drug-likeness (QED) is 0.893. The standard InChI is InChI=1S/C15H14N2O/c1-11(9-12-5-3-2-4-6-12)13-7-8-17-10-14(13)15(16)18/h2-10H,1H3,(H2,16,18). The largest absolute Gasteiger partial charge is 0.366 e. The summed E-state index contributed by atoms with van der Waals surface area (Å²) in [5, 5.41) is 0. The lowest BCUT2D eigenvalue weighted by molar-refractivity contribution is 0.0999. The maximum Gasteiger partial charge on any atom is 0.250 e. The van der Waals surface area contributed by atoms with Crippen molar-refractivity contribution in [3.05, 3.63) is 65.5 Å². The molecule has 0 aliphatic rings. The Labute approximate surface area is 106 Å².